The summed E-state index contributed by atoms with van der Waals surface area (Å²) in [4.78, 5) is 32.3. The summed E-state index contributed by atoms with van der Waals surface area (Å²) >= 11 is 1.55. The van der Waals surface area contributed by atoms with Crippen LogP contribution in [0.25, 0.3) is 11.1 Å². The Kier molecular flexibility index (Phi) is 11.5. The highest BCUT2D eigenvalue weighted by molar-refractivity contribution is 7.99. The molecule has 3 aromatic carbocycles. The third-order valence-corrected chi connectivity index (χ3v) is 8.13. The minimum Gasteiger partial charge on any atom is -0.465 e. The summed E-state index contributed by atoms with van der Waals surface area (Å²) in [6, 6.07) is 25.1. The molecule has 3 atom stereocenters. The predicted octanol–water partition coefficient (Wildman–Crippen LogP) is 5.34. The van der Waals surface area contributed by atoms with E-state index < -0.39 is 18.3 Å². The maximum atomic E-state index is 12.1. The zero-order valence-corrected chi connectivity index (χ0v) is 25.7. The first-order valence-electron chi connectivity index (χ1n) is 14.8. The van der Waals surface area contributed by atoms with Crippen LogP contribution in [0.15, 0.2) is 96.4 Å². The molecule has 1 aliphatic rings. The van der Waals surface area contributed by atoms with Crippen molar-refractivity contribution in [2.45, 2.75) is 50.2 Å². The van der Waals surface area contributed by atoms with Gasteiger partial charge in [0, 0.05) is 36.7 Å². The van der Waals surface area contributed by atoms with Gasteiger partial charge in [-0.2, -0.15) is 0 Å². The Morgan fingerprint density at radius 1 is 0.911 bits per heavy atom. The normalized spacial score (nSPS) is 17.8. The van der Waals surface area contributed by atoms with E-state index in [1.165, 1.54) is 0 Å². The standard InChI is InChI=1S/C34H36N4O6S/c1-2-42-31(40)20-38-33(41)37-19-24-6-3-7-26(16-24)27-8-4-9-28(17-27)32-43-29(22-45-34-35-14-5-15-36-34)18-30(44-32)25-12-10-23(21-39)11-13-25/h3-17,29-30,32,39H,2,18-22H2,1H3,(H2,37,38,41). The zero-order valence-electron chi connectivity index (χ0n) is 24.9. The molecule has 234 valence electrons. The van der Waals surface area contributed by atoms with E-state index in [2.05, 4.69) is 26.7 Å². The lowest BCUT2D eigenvalue weighted by atomic mass is 9.99. The van der Waals surface area contributed by atoms with Crippen LogP contribution in [-0.2, 0) is 32.2 Å². The molecule has 0 radical (unpaired) electrons. The van der Waals surface area contributed by atoms with Gasteiger partial charge < -0.3 is 30.0 Å². The Morgan fingerprint density at radius 2 is 1.67 bits per heavy atom. The van der Waals surface area contributed by atoms with E-state index >= 15 is 0 Å². The molecule has 4 aromatic rings. The summed E-state index contributed by atoms with van der Waals surface area (Å²) in [7, 11) is 0. The van der Waals surface area contributed by atoms with Crippen molar-refractivity contribution in [3.8, 4) is 11.1 Å². The fraction of sp³-hybridized carbons (Fsp3) is 0.294. The Hall–Kier alpha value is -4.29. The number of hydrogen-bond acceptors (Lipinski definition) is 9. The number of aliphatic hydroxyl groups is 1. The van der Waals surface area contributed by atoms with E-state index in [0.29, 0.717) is 17.3 Å². The van der Waals surface area contributed by atoms with Gasteiger partial charge in [0.05, 0.1) is 25.4 Å². The molecule has 1 fully saturated rings. The fourth-order valence-electron chi connectivity index (χ4n) is 4.89. The lowest BCUT2D eigenvalue weighted by Crippen LogP contribution is -2.38. The SMILES string of the molecule is CCOC(=O)CNC(=O)NCc1cccc(-c2cccc(C3OC(CSc4ncccn4)CC(c4ccc(CO)cc4)O3)c2)c1. The van der Waals surface area contributed by atoms with E-state index in [-0.39, 0.29) is 38.5 Å². The number of thioether (sulfide) groups is 1. The number of amides is 2. The van der Waals surface area contributed by atoms with E-state index in [4.69, 9.17) is 14.2 Å². The number of carbonyl (C=O) groups is 2. The number of urea groups is 1. The highest BCUT2D eigenvalue weighted by Gasteiger charge is 2.32. The number of carbonyl (C=O) groups excluding carboxylic acids is 2. The highest BCUT2D eigenvalue weighted by Crippen LogP contribution is 2.40. The third kappa shape index (κ3) is 9.35. The Morgan fingerprint density at radius 3 is 2.42 bits per heavy atom. The number of hydrogen-bond donors (Lipinski definition) is 3. The number of benzene rings is 3. The molecule has 2 heterocycles. The van der Waals surface area contributed by atoms with Crippen molar-refractivity contribution in [2.24, 2.45) is 0 Å². The second-order valence-corrected chi connectivity index (χ2v) is 11.3. The summed E-state index contributed by atoms with van der Waals surface area (Å²) in [6.45, 7) is 2.06. The second-order valence-electron chi connectivity index (χ2n) is 10.4. The molecule has 5 rings (SSSR count). The van der Waals surface area contributed by atoms with Crippen LogP contribution in [0.1, 0.15) is 48.0 Å². The van der Waals surface area contributed by atoms with Crippen LogP contribution in [0.2, 0.25) is 0 Å². The van der Waals surface area contributed by atoms with Crippen LogP contribution in [0, 0.1) is 0 Å². The maximum Gasteiger partial charge on any atom is 0.325 e. The lowest BCUT2D eigenvalue weighted by Gasteiger charge is -2.36. The Balaban J connectivity index is 1.29. The Labute approximate surface area is 266 Å². The van der Waals surface area contributed by atoms with Crippen molar-refractivity contribution < 1.29 is 28.9 Å². The van der Waals surface area contributed by atoms with Crippen molar-refractivity contribution in [1.29, 1.82) is 0 Å². The number of aliphatic hydroxyl groups excluding tert-OH is 1. The minimum atomic E-state index is -0.601. The summed E-state index contributed by atoms with van der Waals surface area (Å²) < 4.78 is 17.9. The van der Waals surface area contributed by atoms with E-state index in [0.717, 1.165) is 33.4 Å². The van der Waals surface area contributed by atoms with Gasteiger partial charge in [-0.15, -0.1) is 0 Å². The van der Waals surface area contributed by atoms with Gasteiger partial charge in [-0.25, -0.2) is 14.8 Å². The average molecular weight is 629 g/mol. The van der Waals surface area contributed by atoms with Gasteiger partial charge in [0.2, 0.25) is 0 Å². The molecule has 2 amide bonds. The van der Waals surface area contributed by atoms with Gasteiger partial charge in [0.15, 0.2) is 11.4 Å². The van der Waals surface area contributed by atoms with E-state index in [1.54, 1.807) is 37.1 Å². The summed E-state index contributed by atoms with van der Waals surface area (Å²) in [6.07, 6.45) is 3.20. The van der Waals surface area contributed by atoms with Crippen LogP contribution in [0.3, 0.4) is 0 Å². The summed E-state index contributed by atoms with van der Waals surface area (Å²) in [5, 5.41) is 15.5. The van der Waals surface area contributed by atoms with Crippen LogP contribution in [0.4, 0.5) is 4.79 Å². The molecular formula is C34H36N4O6S. The fourth-order valence-corrected chi connectivity index (χ4v) is 5.71. The van der Waals surface area contributed by atoms with E-state index in [1.807, 2.05) is 66.7 Å². The van der Waals surface area contributed by atoms with Gasteiger partial charge in [-0.05, 0) is 52.9 Å². The molecule has 0 aliphatic carbocycles. The minimum absolute atomic E-state index is 0.0133. The van der Waals surface area contributed by atoms with Crippen molar-refractivity contribution in [2.75, 3.05) is 18.9 Å². The van der Waals surface area contributed by atoms with Gasteiger partial charge in [-0.3, -0.25) is 4.79 Å². The van der Waals surface area contributed by atoms with Crippen molar-refractivity contribution >= 4 is 23.8 Å². The highest BCUT2D eigenvalue weighted by atomic mass is 32.2. The van der Waals surface area contributed by atoms with Crippen LogP contribution < -0.4 is 10.6 Å². The molecule has 1 saturated heterocycles. The number of nitrogens with zero attached hydrogens (tertiary/aromatic N) is 2. The van der Waals surface area contributed by atoms with Crippen molar-refractivity contribution in [3.05, 3.63) is 114 Å². The maximum absolute atomic E-state index is 12.1. The molecule has 0 spiro atoms. The number of rotatable bonds is 12. The first-order chi connectivity index (χ1) is 22.0. The van der Waals surface area contributed by atoms with Crippen LogP contribution in [-0.4, -0.2) is 52.1 Å². The molecule has 45 heavy (non-hydrogen) atoms. The predicted molar refractivity (Wildman–Crippen MR) is 170 cm³/mol. The van der Waals surface area contributed by atoms with Gasteiger partial charge in [-0.1, -0.05) is 72.4 Å². The largest absolute Gasteiger partial charge is 0.465 e. The van der Waals surface area contributed by atoms with Crippen LogP contribution in [0.5, 0.6) is 0 Å². The van der Waals surface area contributed by atoms with Gasteiger partial charge in [0.1, 0.15) is 6.54 Å². The first kappa shape index (κ1) is 32.1. The number of nitrogens with one attached hydrogen (secondary N) is 2. The number of esters is 1. The molecule has 0 saturated carbocycles. The quantitative estimate of drug-likeness (QED) is 0.108. The van der Waals surface area contributed by atoms with E-state index in [9.17, 15) is 14.7 Å². The average Bonchev–Trinajstić information content (AvgIpc) is 3.09. The second kappa shape index (κ2) is 16.1. The molecule has 10 nitrogen and oxygen atoms in total. The molecule has 1 aliphatic heterocycles. The number of ether oxygens (including phenoxy) is 3. The molecule has 1 aromatic heterocycles. The van der Waals surface area contributed by atoms with Gasteiger partial charge in [0.25, 0.3) is 0 Å². The van der Waals surface area contributed by atoms with Crippen molar-refractivity contribution in [1.82, 2.24) is 20.6 Å². The zero-order chi connectivity index (χ0) is 31.4. The monoisotopic (exact) mass is 628 g/mol. The van der Waals surface area contributed by atoms with Gasteiger partial charge >= 0.3 is 12.0 Å². The third-order valence-electron chi connectivity index (χ3n) is 7.13. The van der Waals surface area contributed by atoms with Crippen molar-refractivity contribution in [3.63, 3.8) is 0 Å². The lowest BCUT2D eigenvalue weighted by molar-refractivity contribution is -0.245. The number of aromatic nitrogens is 2. The molecule has 0 bridgehead atoms. The molecular weight excluding hydrogens is 592 g/mol. The summed E-state index contributed by atoms with van der Waals surface area (Å²) in [5.41, 5.74) is 5.61. The Bertz CT molecular complexity index is 1560. The topological polar surface area (TPSA) is 132 Å². The molecule has 3 unspecified atom stereocenters. The smallest absolute Gasteiger partial charge is 0.325 e. The first-order valence-corrected chi connectivity index (χ1v) is 15.8. The van der Waals surface area contributed by atoms with Crippen LogP contribution >= 0.6 is 11.8 Å². The summed E-state index contributed by atoms with van der Waals surface area (Å²) in [5.74, 6) is 0.179. The molecule has 11 heteroatoms. The molecule has 3 N–H and O–H groups in total.